The zero-order valence-electron chi connectivity index (χ0n) is 13.6. The summed E-state index contributed by atoms with van der Waals surface area (Å²) in [5, 5.41) is 3.48. The Morgan fingerprint density at radius 2 is 1.86 bits per heavy atom. The normalized spacial score (nSPS) is 11.0. The summed E-state index contributed by atoms with van der Waals surface area (Å²) >= 11 is 1.56. The van der Waals surface area contributed by atoms with E-state index in [4.69, 9.17) is 0 Å². The van der Waals surface area contributed by atoms with E-state index in [0.29, 0.717) is 5.13 Å². The van der Waals surface area contributed by atoms with Gasteiger partial charge in [0.15, 0.2) is 5.13 Å². The first-order valence-electron chi connectivity index (χ1n) is 7.60. The molecule has 0 radical (unpaired) electrons. The van der Waals surface area contributed by atoms with Crippen molar-refractivity contribution in [2.75, 3.05) is 18.4 Å². The molecule has 2 aromatic rings. The molecule has 118 valence electrons. The molecular formula is C17H23N3OS. The van der Waals surface area contributed by atoms with Crippen LogP contribution in [0.15, 0.2) is 24.3 Å². The Kier molecular flexibility index (Phi) is 5.69. The first-order chi connectivity index (χ1) is 10.5. The second-order valence-corrected chi connectivity index (χ2v) is 6.38. The van der Waals surface area contributed by atoms with Crippen molar-refractivity contribution >= 4 is 22.4 Å². The van der Waals surface area contributed by atoms with E-state index in [-0.39, 0.29) is 5.91 Å². The lowest BCUT2D eigenvalue weighted by Crippen LogP contribution is -2.21. The molecule has 22 heavy (non-hydrogen) atoms. The average molecular weight is 317 g/mol. The van der Waals surface area contributed by atoms with Crippen LogP contribution in [0.25, 0.3) is 11.3 Å². The van der Waals surface area contributed by atoms with Crippen LogP contribution < -0.4 is 5.32 Å². The Morgan fingerprint density at radius 1 is 1.23 bits per heavy atom. The van der Waals surface area contributed by atoms with E-state index in [0.717, 1.165) is 30.9 Å². The summed E-state index contributed by atoms with van der Waals surface area (Å²) in [4.78, 5) is 19.5. The lowest BCUT2D eigenvalue weighted by atomic mass is 10.1. The van der Waals surface area contributed by atoms with Crippen LogP contribution in [0.1, 0.15) is 31.2 Å². The van der Waals surface area contributed by atoms with Gasteiger partial charge >= 0.3 is 0 Å². The minimum Gasteiger partial charge on any atom is -0.302 e. The Balaban J connectivity index is 2.38. The molecule has 0 spiro atoms. The maximum absolute atomic E-state index is 11.3. The van der Waals surface area contributed by atoms with E-state index in [1.54, 1.807) is 11.3 Å². The Labute approximate surface area is 136 Å². The van der Waals surface area contributed by atoms with E-state index in [1.807, 2.05) is 0 Å². The molecule has 0 atom stereocenters. The number of benzene rings is 1. The van der Waals surface area contributed by atoms with Crippen molar-refractivity contribution in [3.63, 3.8) is 0 Å². The minimum absolute atomic E-state index is 0.0846. The maximum Gasteiger partial charge on any atom is 0.223 e. The number of thiazole rings is 1. The fourth-order valence-corrected chi connectivity index (χ4v) is 3.32. The lowest BCUT2D eigenvalue weighted by molar-refractivity contribution is -0.114. The van der Waals surface area contributed by atoms with Crippen LogP contribution in [0.4, 0.5) is 5.13 Å². The van der Waals surface area contributed by atoms with Crippen molar-refractivity contribution in [1.82, 2.24) is 9.88 Å². The van der Waals surface area contributed by atoms with Gasteiger partial charge in [0.2, 0.25) is 5.91 Å². The molecule has 0 aliphatic heterocycles. The molecule has 5 heteroatoms. The van der Waals surface area contributed by atoms with Crippen LogP contribution in [0, 0.1) is 6.92 Å². The number of amides is 1. The van der Waals surface area contributed by atoms with Gasteiger partial charge in [-0.3, -0.25) is 9.69 Å². The third-order valence-electron chi connectivity index (χ3n) is 3.57. The van der Waals surface area contributed by atoms with Crippen molar-refractivity contribution in [3.8, 4) is 11.3 Å². The van der Waals surface area contributed by atoms with Crippen LogP contribution in [-0.2, 0) is 11.3 Å². The average Bonchev–Trinajstić information content (AvgIpc) is 2.87. The van der Waals surface area contributed by atoms with Gasteiger partial charge in [-0.1, -0.05) is 55.0 Å². The van der Waals surface area contributed by atoms with Crippen molar-refractivity contribution < 1.29 is 4.79 Å². The second kappa shape index (κ2) is 7.51. The van der Waals surface area contributed by atoms with Gasteiger partial charge in [0.25, 0.3) is 0 Å². The zero-order valence-corrected chi connectivity index (χ0v) is 14.5. The van der Waals surface area contributed by atoms with Crippen LogP contribution in [-0.4, -0.2) is 28.9 Å². The molecule has 1 aromatic carbocycles. The first kappa shape index (κ1) is 16.6. The summed E-state index contributed by atoms with van der Waals surface area (Å²) in [5.74, 6) is -0.0846. The van der Waals surface area contributed by atoms with E-state index in [9.17, 15) is 4.79 Å². The summed E-state index contributed by atoms with van der Waals surface area (Å²) in [6.07, 6.45) is 0. The van der Waals surface area contributed by atoms with E-state index in [2.05, 4.69) is 60.2 Å². The molecule has 0 bridgehead atoms. The molecule has 0 aliphatic carbocycles. The van der Waals surface area contributed by atoms with Crippen LogP contribution in [0.2, 0.25) is 0 Å². The van der Waals surface area contributed by atoms with Crippen LogP contribution in [0.5, 0.6) is 0 Å². The van der Waals surface area contributed by atoms with Crippen LogP contribution >= 0.6 is 11.3 Å². The van der Waals surface area contributed by atoms with Gasteiger partial charge in [-0.25, -0.2) is 4.98 Å². The van der Waals surface area contributed by atoms with Crippen molar-refractivity contribution in [2.45, 2.75) is 34.2 Å². The summed E-state index contributed by atoms with van der Waals surface area (Å²) in [6, 6.07) is 8.36. The lowest BCUT2D eigenvalue weighted by Gasteiger charge is -2.17. The highest BCUT2D eigenvalue weighted by Crippen LogP contribution is 2.32. The first-order valence-corrected chi connectivity index (χ1v) is 8.41. The van der Waals surface area contributed by atoms with Gasteiger partial charge in [0, 0.05) is 23.9 Å². The number of aromatic nitrogens is 1. The number of hydrogen-bond donors (Lipinski definition) is 1. The molecule has 1 N–H and O–H groups in total. The summed E-state index contributed by atoms with van der Waals surface area (Å²) in [7, 11) is 0. The Hall–Kier alpha value is -1.72. The van der Waals surface area contributed by atoms with Crippen LogP contribution in [0.3, 0.4) is 0 Å². The van der Waals surface area contributed by atoms with Gasteiger partial charge in [0.1, 0.15) is 0 Å². The Morgan fingerprint density at radius 3 is 2.41 bits per heavy atom. The fraction of sp³-hybridized carbons (Fsp3) is 0.412. The quantitative estimate of drug-likeness (QED) is 0.878. The third kappa shape index (κ3) is 4.15. The van der Waals surface area contributed by atoms with E-state index < -0.39 is 0 Å². The molecule has 0 saturated heterocycles. The van der Waals surface area contributed by atoms with Crippen molar-refractivity contribution in [3.05, 3.63) is 34.7 Å². The summed E-state index contributed by atoms with van der Waals surface area (Å²) < 4.78 is 0. The summed E-state index contributed by atoms with van der Waals surface area (Å²) in [6.45, 7) is 10.7. The predicted octanol–water partition coefficient (Wildman–Crippen LogP) is 3.92. The van der Waals surface area contributed by atoms with Gasteiger partial charge in [-0.15, -0.1) is 0 Å². The second-order valence-electron chi connectivity index (χ2n) is 5.30. The number of carbonyl (C=O) groups is 1. The Bertz CT molecular complexity index is 630. The molecule has 4 nitrogen and oxygen atoms in total. The molecular weight excluding hydrogens is 294 g/mol. The van der Waals surface area contributed by atoms with Gasteiger partial charge < -0.3 is 5.32 Å². The monoisotopic (exact) mass is 317 g/mol. The van der Waals surface area contributed by atoms with E-state index >= 15 is 0 Å². The fourth-order valence-electron chi connectivity index (χ4n) is 2.25. The van der Waals surface area contributed by atoms with E-state index in [1.165, 1.54) is 17.4 Å². The summed E-state index contributed by atoms with van der Waals surface area (Å²) in [5.41, 5.74) is 3.30. The number of nitrogens with zero attached hydrogens (tertiary/aromatic N) is 2. The molecule has 0 saturated carbocycles. The number of carbonyl (C=O) groups excluding carboxylic acids is 1. The SMILES string of the molecule is CCN(CC)Cc1sc(NC(C)=O)nc1-c1ccc(C)cc1. The molecule has 0 fully saturated rings. The van der Waals surface area contributed by atoms with Crippen molar-refractivity contribution in [1.29, 1.82) is 0 Å². The highest BCUT2D eigenvalue weighted by atomic mass is 32.1. The minimum atomic E-state index is -0.0846. The molecule has 0 unspecified atom stereocenters. The maximum atomic E-state index is 11.3. The highest BCUT2D eigenvalue weighted by Gasteiger charge is 2.15. The smallest absolute Gasteiger partial charge is 0.223 e. The molecule has 2 rings (SSSR count). The van der Waals surface area contributed by atoms with Gasteiger partial charge in [0.05, 0.1) is 5.69 Å². The molecule has 1 aromatic heterocycles. The highest BCUT2D eigenvalue weighted by molar-refractivity contribution is 7.16. The largest absolute Gasteiger partial charge is 0.302 e. The molecule has 1 amide bonds. The van der Waals surface area contributed by atoms with Gasteiger partial charge in [-0.2, -0.15) is 0 Å². The number of hydrogen-bond acceptors (Lipinski definition) is 4. The number of aryl methyl sites for hydroxylation is 1. The molecule has 0 aliphatic rings. The topological polar surface area (TPSA) is 45.2 Å². The predicted molar refractivity (Wildman–Crippen MR) is 93.2 cm³/mol. The van der Waals surface area contributed by atoms with Crippen molar-refractivity contribution in [2.24, 2.45) is 0 Å². The number of anilines is 1. The molecule has 1 heterocycles. The third-order valence-corrected chi connectivity index (χ3v) is 4.52. The standard InChI is InChI=1S/C17H23N3OS/c1-5-20(6-2)11-15-16(14-9-7-12(3)8-10-14)19-17(22-15)18-13(4)21/h7-10H,5-6,11H2,1-4H3,(H,18,19,21). The van der Waals surface area contributed by atoms with Gasteiger partial charge in [-0.05, 0) is 20.0 Å². The zero-order chi connectivity index (χ0) is 16.1. The number of nitrogens with one attached hydrogen (secondary N) is 1. The number of rotatable bonds is 6.